The average Bonchev–Trinajstić information content (AvgIpc) is 2.96. The van der Waals surface area contributed by atoms with E-state index in [9.17, 15) is 8.78 Å². The first-order valence-corrected chi connectivity index (χ1v) is 8.36. The molecule has 1 heterocycles. The molecule has 138 valence electrons. The summed E-state index contributed by atoms with van der Waals surface area (Å²) in [6, 6.07) is 6.64. The fourth-order valence-corrected chi connectivity index (χ4v) is 2.72. The second-order valence-corrected chi connectivity index (χ2v) is 6.22. The molecule has 0 amide bonds. The molecule has 0 radical (unpaired) electrons. The lowest BCUT2D eigenvalue weighted by molar-refractivity contribution is -0.0504. The van der Waals surface area contributed by atoms with Crippen LogP contribution in [0.25, 0.3) is 0 Å². The topological polar surface area (TPSA) is 58.5 Å². The van der Waals surface area contributed by atoms with Gasteiger partial charge in [0.05, 0.1) is 13.1 Å². The molecule has 0 bridgehead atoms. The average molecular weight is 482 g/mol. The second kappa shape index (κ2) is 11.2. The van der Waals surface area contributed by atoms with Gasteiger partial charge in [-0.1, -0.05) is 18.2 Å². The molecule has 5 nitrogen and oxygen atoms in total. The number of guanidine groups is 1. The number of aliphatic imine (C=N–C) groups is 1. The van der Waals surface area contributed by atoms with E-state index >= 15 is 0 Å². The van der Waals surface area contributed by atoms with Crippen LogP contribution in [0.3, 0.4) is 0 Å². The molecule has 0 unspecified atom stereocenters. The van der Waals surface area contributed by atoms with Crippen LogP contribution in [0.5, 0.6) is 5.75 Å². The summed E-state index contributed by atoms with van der Waals surface area (Å²) in [7, 11) is 0. The molecular formula is C16H21F2IN4OS. The molecule has 25 heavy (non-hydrogen) atoms. The number of aryl methyl sites for hydroxylation is 1. The first-order chi connectivity index (χ1) is 11.6. The van der Waals surface area contributed by atoms with Gasteiger partial charge in [0, 0.05) is 23.2 Å². The maximum absolute atomic E-state index is 12.4. The van der Waals surface area contributed by atoms with Gasteiger partial charge in [-0.2, -0.15) is 8.78 Å². The Hall–Kier alpha value is -1.49. The fraction of sp³-hybridized carbons (Fsp3) is 0.375. The molecule has 9 heteroatoms. The van der Waals surface area contributed by atoms with Crippen molar-refractivity contribution in [1.82, 2.24) is 15.6 Å². The molecule has 0 saturated carbocycles. The zero-order valence-electron chi connectivity index (χ0n) is 14.0. The SMILES string of the molecule is CCNC(=NCc1ccccc1OC(F)F)NCc1ncc(C)s1.I. The van der Waals surface area contributed by atoms with Crippen LogP contribution < -0.4 is 15.4 Å². The number of halogens is 3. The first kappa shape index (κ1) is 21.6. The Bertz CT molecular complexity index is 682. The lowest BCUT2D eigenvalue weighted by atomic mass is 10.2. The third kappa shape index (κ3) is 7.51. The Balaban J connectivity index is 0.00000312. The molecule has 1 aromatic carbocycles. The number of hydrogen-bond donors (Lipinski definition) is 2. The van der Waals surface area contributed by atoms with Crippen molar-refractivity contribution in [3.05, 3.63) is 45.9 Å². The summed E-state index contributed by atoms with van der Waals surface area (Å²) in [5.41, 5.74) is 0.597. The molecule has 2 aromatic rings. The van der Waals surface area contributed by atoms with E-state index in [0.29, 0.717) is 24.6 Å². The van der Waals surface area contributed by atoms with Crippen molar-refractivity contribution in [3.63, 3.8) is 0 Å². The van der Waals surface area contributed by atoms with Gasteiger partial charge in [-0.05, 0) is 19.9 Å². The van der Waals surface area contributed by atoms with Gasteiger partial charge in [0.25, 0.3) is 0 Å². The Morgan fingerprint density at radius 2 is 2.08 bits per heavy atom. The third-order valence-corrected chi connectivity index (χ3v) is 3.93. The first-order valence-electron chi connectivity index (χ1n) is 7.54. The number of thiazole rings is 1. The number of nitrogens with zero attached hydrogens (tertiary/aromatic N) is 2. The molecule has 0 atom stereocenters. The highest BCUT2D eigenvalue weighted by Crippen LogP contribution is 2.21. The lowest BCUT2D eigenvalue weighted by Gasteiger charge is -2.12. The van der Waals surface area contributed by atoms with Gasteiger partial charge >= 0.3 is 6.61 Å². The minimum absolute atomic E-state index is 0. The molecule has 0 aliphatic carbocycles. The number of rotatable bonds is 7. The minimum Gasteiger partial charge on any atom is -0.434 e. The van der Waals surface area contributed by atoms with Gasteiger partial charge in [0.15, 0.2) is 5.96 Å². The number of benzene rings is 1. The smallest absolute Gasteiger partial charge is 0.387 e. The van der Waals surface area contributed by atoms with Gasteiger partial charge in [-0.15, -0.1) is 35.3 Å². The second-order valence-electron chi connectivity index (χ2n) is 4.90. The third-order valence-electron chi connectivity index (χ3n) is 3.02. The summed E-state index contributed by atoms with van der Waals surface area (Å²) < 4.78 is 29.4. The summed E-state index contributed by atoms with van der Waals surface area (Å²) >= 11 is 1.61. The van der Waals surface area contributed by atoms with E-state index < -0.39 is 6.61 Å². The Kier molecular flexibility index (Phi) is 9.65. The monoisotopic (exact) mass is 482 g/mol. The van der Waals surface area contributed by atoms with Crippen LogP contribution >= 0.6 is 35.3 Å². The van der Waals surface area contributed by atoms with Gasteiger partial charge in [-0.25, -0.2) is 9.98 Å². The standard InChI is InChI=1S/C16H20F2N4OS.HI/c1-3-19-16(22-10-14-20-8-11(2)24-14)21-9-12-6-4-5-7-13(12)23-15(17)18;/h4-8,15H,3,9-10H2,1-2H3,(H2,19,21,22);1H. The van der Waals surface area contributed by atoms with Crippen molar-refractivity contribution in [3.8, 4) is 5.75 Å². The van der Waals surface area contributed by atoms with Crippen LogP contribution in [-0.4, -0.2) is 24.1 Å². The van der Waals surface area contributed by atoms with Crippen LogP contribution in [0.4, 0.5) is 8.78 Å². The van der Waals surface area contributed by atoms with E-state index in [1.807, 2.05) is 20.0 Å². The van der Waals surface area contributed by atoms with Gasteiger partial charge in [0.2, 0.25) is 0 Å². The largest absolute Gasteiger partial charge is 0.434 e. The Morgan fingerprint density at radius 1 is 1.32 bits per heavy atom. The van der Waals surface area contributed by atoms with E-state index in [2.05, 4.69) is 25.3 Å². The fourth-order valence-electron chi connectivity index (χ4n) is 1.99. The van der Waals surface area contributed by atoms with E-state index in [0.717, 1.165) is 9.88 Å². The van der Waals surface area contributed by atoms with E-state index in [1.165, 1.54) is 6.07 Å². The van der Waals surface area contributed by atoms with Crippen LogP contribution in [-0.2, 0) is 13.1 Å². The van der Waals surface area contributed by atoms with Crippen LogP contribution in [0.1, 0.15) is 22.4 Å². The molecule has 0 spiro atoms. The number of nitrogens with one attached hydrogen (secondary N) is 2. The normalized spacial score (nSPS) is 11.2. The van der Waals surface area contributed by atoms with Crippen LogP contribution in [0, 0.1) is 6.92 Å². The number of aromatic nitrogens is 1. The number of para-hydroxylation sites is 1. The predicted molar refractivity (Wildman–Crippen MR) is 107 cm³/mol. The summed E-state index contributed by atoms with van der Waals surface area (Å²) in [5.74, 6) is 0.736. The van der Waals surface area contributed by atoms with Crippen LogP contribution in [0.2, 0.25) is 0 Å². The van der Waals surface area contributed by atoms with Crippen molar-refractivity contribution in [2.45, 2.75) is 33.5 Å². The zero-order valence-corrected chi connectivity index (χ0v) is 17.1. The highest BCUT2D eigenvalue weighted by atomic mass is 127. The maximum Gasteiger partial charge on any atom is 0.387 e. The summed E-state index contributed by atoms with van der Waals surface area (Å²) in [4.78, 5) is 9.85. The van der Waals surface area contributed by atoms with Gasteiger partial charge < -0.3 is 15.4 Å². The highest BCUT2D eigenvalue weighted by Gasteiger charge is 2.09. The van der Waals surface area contributed by atoms with Crippen molar-refractivity contribution in [2.75, 3.05) is 6.54 Å². The van der Waals surface area contributed by atoms with Gasteiger partial charge in [0.1, 0.15) is 10.8 Å². The van der Waals surface area contributed by atoms with E-state index in [4.69, 9.17) is 0 Å². The van der Waals surface area contributed by atoms with Crippen molar-refractivity contribution in [2.24, 2.45) is 4.99 Å². The molecule has 1 aromatic heterocycles. The number of hydrogen-bond acceptors (Lipinski definition) is 4. The Morgan fingerprint density at radius 3 is 2.72 bits per heavy atom. The summed E-state index contributed by atoms with van der Waals surface area (Å²) in [5, 5.41) is 7.25. The highest BCUT2D eigenvalue weighted by molar-refractivity contribution is 14.0. The molecule has 0 aliphatic heterocycles. The lowest BCUT2D eigenvalue weighted by Crippen LogP contribution is -2.36. The zero-order chi connectivity index (χ0) is 17.4. The van der Waals surface area contributed by atoms with Crippen molar-refractivity contribution < 1.29 is 13.5 Å². The van der Waals surface area contributed by atoms with Gasteiger partial charge in [-0.3, -0.25) is 0 Å². The Labute approximate surface area is 166 Å². The molecule has 2 N–H and O–H groups in total. The van der Waals surface area contributed by atoms with Crippen molar-refractivity contribution in [1.29, 1.82) is 0 Å². The molecular weight excluding hydrogens is 461 g/mol. The van der Waals surface area contributed by atoms with Crippen LogP contribution in [0.15, 0.2) is 35.5 Å². The summed E-state index contributed by atoms with van der Waals surface area (Å²) in [6.07, 6.45) is 1.82. The summed E-state index contributed by atoms with van der Waals surface area (Å²) in [6.45, 7) is 2.58. The predicted octanol–water partition coefficient (Wildman–Crippen LogP) is 3.93. The van der Waals surface area contributed by atoms with E-state index in [-0.39, 0.29) is 36.3 Å². The number of ether oxygens (including phenoxy) is 1. The van der Waals surface area contributed by atoms with Crippen molar-refractivity contribution >= 4 is 41.3 Å². The maximum atomic E-state index is 12.4. The quantitative estimate of drug-likeness (QED) is 0.357. The van der Waals surface area contributed by atoms with E-state index in [1.54, 1.807) is 29.5 Å². The molecule has 0 fully saturated rings. The number of alkyl halides is 2. The molecule has 2 rings (SSSR count). The molecule has 0 saturated heterocycles. The minimum atomic E-state index is -2.85. The molecule has 0 aliphatic rings.